The van der Waals surface area contributed by atoms with Gasteiger partial charge in [0, 0.05) is 24.6 Å². The SMILES string of the molecule is Cc1nc(-c2ccc(C(=O)NCc3cccc(Oc4ccc(F)cc4)c3)cc2)no1. The molecule has 1 heterocycles. The summed E-state index contributed by atoms with van der Waals surface area (Å²) in [7, 11) is 0. The fraction of sp³-hybridized carbons (Fsp3) is 0.0870. The normalized spacial score (nSPS) is 10.6. The van der Waals surface area contributed by atoms with Crippen LogP contribution in [0.1, 0.15) is 21.8 Å². The monoisotopic (exact) mass is 403 g/mol. The van der Waals surface area contributed by atoms with Crippen LogP contribution in [0.2, 0.25) is 0 Å². The first-order chi connectivity index (χ1) is 14.6. The standard InChI is InChI=1S/C23H18FN3O3/c1-15-26-22(27-30-15)17-5-7-18(8-6-17)23(28)25-14-16-3-2-4-21(13-16)29-20-11-9-19(24)10-12-20/h2-13H,14H2,1H3,(H,25,28). The summed E-state index contributed by atoms with van der Waals surface area (Å²) in [6.07, 6.45) is 0. The summed E-state index contributed by atoms with van der Waals surface area (Å²) < 4.78 is 23.7. The van der Waals surface area contributed by atoms with Gasteiger partial charge in [0.05, 0.1) is 0 Å². The predicted octanol–water partition coefficient (Wildman–Crippen LogP) is 4.91. The summed E-state index contributed by atoms with van der Waals surface area (Å²) in [6, 6.07) is 20.1. The Bertz CT molecular complexity index is 1160. The third-order valence-electron chi connectivity index (χ3n) is 4.33. The Kier molecular flexibility index (Phi) is 5.52. The van der Waals surface area contributed by atoms with Crippen LogP contribution >= 0.6 is 0 Å². The molecule has 30 heavy (non-hydrogen) atoms. The minimum atomic E-state index is -0.320. The maximum atomic E-state index is 13.0. The first kappa shape index (κ1) is 19.3. The van der Waals surface area contributed by atoms with E-state index < -0.39 is 0 Å². The highest BCUT2D eigenvalue weighted by molar-refractivity contribution is 5.94. The zero-order chi connectivity index (χ0) is 20.9. The van der Waals surface area contributed by atoms with Crippen molar-refractivity contribution in [1.29, 1.82) is 0 Å². The van der Waals surface area contributed by atoms with Gasteiger partial charge in [-0.1, -0.05) is 29.4 Å². The number of aromatic nitrogens is 2. The van der Waals surface area contributed by atoms with E-state index in [9.17, 15) is 9.18 Å². The van der Waals surface area contributed by atoms with Gasteiger partial charge >= 0.3 is 0 Å². The van der Waals surface area contributed by atoms with Crippen LogP contribution in [0, 0.1) is 12.7 Å². The lowest BCUT2D eigenvalue weighted by atomic mass is 10.1. The number of hydrogen-bond acceptors (Lipinski definition) is 5. The molecule has 7 heteroatoms. The number of nitrogens with one attached hydrogen (secondary N) is 1. The molecule has 150 valence electrons. The van der Waals surface area contributed by atoms with E-state index in [-0.39, 0.29) is 11.7 Å². The molecule has 0 fully saturated rings. The molecule has 1 amide bonds. The molecule has 4 rings (SSSR count). The van der Waals surface area contributed by atoms with Crippen LogP contribution < -0.4 is 10.1 Å². The maximum Gasteiger partial charge on any atom is 0.251 e. The van der Waals surface area contributed by atoms with Crippen molar-refractivity contribution >= 4 is 5.91 Å². The van der Waals surface area contributed by atoms with Crippen molar-refractivity contribution in [3.8, 4) is 22.9 Å². The van der Waals surface area contributed by atoms with Gasteiger partial charge in [0.1, 0.15) is 17.3 Å². The van der Waals surface area contributed by atoms with Crippen LogP contribution in [-0.2, 0) is 6.54 Å². The molecule has 0 saturated heterocycles. The molecule has 0 bridgehead atoms. The van der Waals surface area contributed by atoms with Crippen molar-refractivity contribution in [2.24, 2.45) is 0 Å². The van der Waals surface area contributed by atoms with E-state index in [1.54, 1.807) is 49.4 Å². The lowest BCUT2D eigenvalue weighted by molar-refractivity contribution is 0.0951. The molecule has 0 aliphatic rings. The smallest absolute Gasteiger partial charge is 0.251 e. The number of amides is 1. The molecule has 0 radical (unpaired) electrons. The second kappa shape index (κ2) is 8.57. The zero-order valence-corrected chi connectivity index (χ0v) is 16.1. The zero-order valence-electron chi connectivity index (χ0n) is 16.1. The number of carbonyl (C=O) groups excluding carboxylic acids is 1. The Morgan fingerprint density at radius 2 is 1.80 bits per heavy atom. The Morgan fingerprint density at radius 3 is 2.50 bits per heavy atom. The van der Waals surface area contributed by atoms with E-state index in [1.807, 2.05) is 18.2 Å². The third-order valence-corrected chi connectivity index (χ3v) is 4.33. The Labute approximate surface area is 172 Å². The Hall–Kier alpha value is -4.00. The van der Waals surface area contributed by atoms with E-state index in [2.05, 4.69) is 15.5 Å². The highest BCUT2D eigenvalue weighted by Crippen LogP contribution is 2.22. The molecule has 0 unspecified atom stereocenters. The van der Waals surface area contributed by atoms with E-state index >= 15 is 0 Å². The van der Waals surface area contributed by atoms with Crippen LogP contribution in [0.3, 0.4) is 0 Å². The van der Waals surface area contributed by atoms with Crippen LogP contribution in [0.5, 0.6) is 11.5 Å². The highest BCUT2D eigenvalue weighted by Gasteiger charge is 2.09. The highest BCUT2D eigenvalue weighted by atomic mass is 19.1. The fourth-order valence-corrected chi connectivity index (χ4v) is 2.83. The lowest BCUT2D eigenvalue weighted by Crippen LogP contribution is -2.22. The number of halogens is 1. The molecule has 0 saturated carbocycles. The van der Waals surface area contributed by atoms with E-state index in [4.69, 9.17) is 9.26 Å². The second-order valence-electron chi connectivity index (χ2n) is 6.60. The quantitative estimate of drug-likeness (QED) is 0.495. The van der Waals surface area contributed by atoms with E-state index in [0.717, 1.165) is 11.1 Å². The van der Waals surface area contributed by atoms with Crippen molar-refractivity contribution in [3.63, 3.8) is 0 Å². The number of hydrogen-bond donors (Lipinski definition) is 1. The summed E-state index contributed by atoms with van der Waals surface area (Å²) in [4.78, 5) is 16.6. The van der Waals surface area contributed by atoms with Crippen LogP contribution in [0.25, 0.3) is 11.4 Å². The molecule has 0 aliphatic heterocycles. The van der Waals surface area contributed by atoms with Gasteiger partial charge in [-0.25, -0.2) is 4.39 Å². The third kappa shape index (κ3) is 4.70. The summed E-state index contributed by atoms with van der Waals surface area (Å²) >= 11 is 0. The number of rotatable bonds is 6. The molecule has 0 aliphatic carbocycles. The Morgan fingerprint density at radius 1 is 1.03 bits per heavy atom. The summed E-state index contributed by atoms with van der Waals surface area (Å²) in [5.74, 6) is 1.59. The van der Waals surface area contributed by atoms with Gasteiger partial charge in [-0.15, -0.1) is 0 Å². The molecule has 0 atom stereocenters. The molecule has 6 nitrogen and oxygen atoms in total. The minimum absolute atomic E-state index is 0.198. The molecule has 3 aromatic carbocycles. The topological polar surface area (TPSA) is 77.2 Å². The maximum absolute atomic E-state index is 13.0. The van der Waals surface area contributed by atoms with Crippen molar-refractivity contribution in [2.75, 3.05) is 0 Å². The molecule has 4 aromatic rings. The summed E-state index contributed by atoms with van der Waals surface area (Å²) in [5.41, 5.74) is 2.17. The first-order valence-electron chi connectivity index (χ1n) is 9.28. The Balaban J connectivity index is 1.37. The molecule has 0 spiro atoms. The van der Waals surface area contributed by atoms with Crippen molar-refractivity contribution in [2.45, 2.75) is 13.5 Å². The van der Waals surface area contributed by atoms with Crippen molar-refractivity contribution in [3.05, 3.63) is 95.6 Å². The van der Waals surface area contributed by atoms with Crippen LogP contribution in [-0.4, -0.2) is 16.0 Å². The van der Waals surface area contributed by atoms with Gasteiger partial charge in [0.2, 0.25) is 11.7 Å². The summed E-state index contributed by atoms with van der Waals surface area (Å²) in [5, 5.41) is 6.75. The number of benzene rings is 3. The van der Waals surface area contributed by atoms with E-state index in [0.29, 0.717) is 35.3 Å². The van der Waals surface area contributed by atoms with Crippen LogP contribution in [0.15, 0.2) is 77.3 Å². The number of aryl methyl sites for hydroxylation is 1. The molecule has 1 N–H and O–H groups in total. The largest absolute Gasteiger partial charge is 0.457 e. The van der Waals surface area contributed by atoms with Gasteiger partial charge in [-0.05, 0) is 54.1 Å². The molecular weight excluding hydrogens is 385 g/mol. The average Bonchev–Trinajstić information content (AvgIpc) is 3.20. The van der Waals surface area contributed by atoms with E-state index in [1.165, 1.54) is 12.1 Å². The second-order valence-corrected chi connectivity index (χ2v) is 6.60. The minimum Gasteiger partial charge on any atom is -0.457 e. The van der Waals surface area contributed by atoms with Gasteiger partial charge in [-0.2, -0.15) is 4.98 Å². The molecule has 1 aromatic heterocycles. The van der Waals surface area contributed by atoms with Gasteiger partial charge in [-0.3, -0.25) is 4.79 Å². The number of ether oxygens (including phenoxy) is 1. The number of nitrogens with zero attached hydrogens (tertiary/aromatic N) is 2. The van der Waals surface area contributed by atoms with Crippen molar-refractivity contribution in [1.82, 2.24) is 15.5 Å². The number of carbonyl (C=O) groups is 1. The summed E-state index contributed by atoms with van der Waals surface area (Å²) in [6.45, 7) is 2.06. The van der Waals surface area contributed by atoms with Gasteiger partial charge < -0.3 is 14.6 Å². The fourth-order valence-electron chi connectivity index (χ4n) is 2.83. The lowest BCUT2D eigenvalue weighted by Gasteiger charge is -2.09. The van der Waals surface area contributed by atoms with Gasteiger partial charge in [0.15, 0.2) is 0 Å². The van der Waals surface area contributed by atoms with Crippen molar-refractivity contribution < 1.29 is 18.4 Å². The van der Waals surface area contributed by atoms with Gasteiger partial charge in [0.25, 0.3) is 5.91 Å². The predicted molar refractivity (Wildman–Crippen MR) is 109 cm³/mol. The molecular formula is C23H18FN3O3. The average molecular weight is 403 g/mol. The van der Waals surface area contributed by atoms with Crippen LogP contribution in [0.4, 0.5) is 4.39 Å². The first-order valence-corrected chi connectivity index (χ1v) is 9.28.